The van der Waals surface area contributed by atoms with Crippen LogP contribution in [0.5, 0.6) is 0 Å². The summed E-state index contributed by atoms with van der Waals surface area (Å²) in [6.45, 7) is 6.90. The standard InChI is InChI=1S/C17H32N2O2/c1-2-3-4-5-6-7-8-9-16(20)17(21)10-13-19-14-11-18-12-15-19/h18H,2-15H2,1H3. The van der Waals surface area contributed by atoms with Crippen molar-refractivity contribution in [1.82, 2.24) is 10.2 Å². The summed E-state index contributed by atoms with van der Waals surface area (Å²) in [5, 5.41) is 3.28. The van der Waals surface area contributed by atoms with Crippen LogP contribution < -0.4 is 5.32 Å². The van der Waals surface area contributed by atoms with Crippen molar-refractivity contribution in [2.24, 2.45) is 0 Å². The van der Waals surface area contributed by atoms with Crippen LogP contribution in [0.1, 0.15) is 64.7 Å². The van der Waals surface area contributed by atoms with Crippen LogP contribution >= 0.6 is 0 Å². The number of carbonyl (C=O) groups excluding carboxylic acids is 2. The highest BCUT2D eigenvalue weighted by Crippen LogP contribution is 2.09. The van der Waals surface area contributed by atoms with E-state index in [2.05, 4.69) is 17.1 Å². The third-order valence-corrected chi connectivity index (χ3v) is 4.18. The predicted octanol–water partition coefficient (Wildman–Crippen LogP) is 2.56. The van der Waals surface area contributed by atoms with Crippen molar-refractivity contribution in [2.75, 3.05) is 32.7 Å². The van der Waals surface area contributed by atoms with E-state index in [0.29, 0.717) is 12.8 Å². The van der Waals surface area contributed by atoms with E-state index >= 15 is 0 Å². The number of nitrogens with one attached hydrogen (secondary N) is 1. The van der Waals surface area contributed by atoms with Crippen molar-refractivity contribution in [1.29, 1.82) is 0 Å². The Balaban J connectivity index is 1.99. The zero-order valence-electron chi connectivity index (χ0n) is 13.7. The largest absolute Gasteiger partial charge is 0.314 e. The van der Waals surface area contributed by atoms with Crippen LogP contribution in [0.25, 0.3) is 0 Å². The molecule has 1 saturated heterocycles. The number of rotatable bonds is 12. The van der Waals surface area contributed by atoms with E-state index in [9.17, 15) is 9.59 Å². The molecule has 0 aromatic carbocycles. The Bertz CT molecular complexity index is 299. The molecule has 1 fully saturated rings. The molecule has 1 heterocycles. The van der Waals surface area contributed by atoms with E-state index in [4.69, 9.17) is 0 Å². The fraction of sp³-hybridized carbons (Fsp3) is 0.882. The van der Waals surface area contributed by atoms with Gasteiger partial charge in [0, 0.05) is 45.6 Å². The van der Waals surface area contributed by atoms with Gasteiger partial charge in [-0.05, 0) is 6.42 Å². The summed E-state index contributed by atoms with van der Waals surface area (Å²) in [6.07, 6.45) is 9.15. The molecule has 1 aliphatic rings. The number of hydrogen-bond acceptors (Lipinski definition) is 4. The van der Waals surface area contributed by atoms with Gasteiger partial charge in [0.25, 0.3) is 0 Å². The number of Topliss-reactive ketones (excluding diaryl/α,β-unsaturated/α-hetero) is 2. The molecule has 21 heavy (non-hydrogen) atoms. The first kappa shape index (κ1) is 18.3. The number of unbranched alkanes of at least 4 members (excludes halogenated alkanes) is 6. The molecular weight excluding hydrogens is 264 g/mol. The normalized spacial score (nSPS) is 16.0. The molecular formula is C17H32N2O2. The van der Waals surface area contributed by atoms with E-state index in [0.717, 1.165) is 45.6 Å². The smallest absolute Gasteiger partial charge is 0.199 e. The molecule has 0 radical (unpaired) electrons. The van der Waals surface area contributed by atoms with Gasteiger partial charge in [-0.15, -0.1) is 0 Å². The van der Waals surface area contributed by atoms with E-state index in [1.165, 1.54) is 32.1 Å². The van der Waals surface area contributed by atoms with Crippen LogP contribution in [0.15, 0.2) is 0 Å². The molecule has 1 rings (SSSR count). The van der Waals surface area contributed by atoms with Gasteiger partial charge >= 0.3 is 0 Å². The fourth-order valence-electron chi connectivity index (χ4n) is 2.72. The molecule has 0 atom stereocenters. The fourth-order valence-corrected chi connectivity index (χ4v) is 2.72. The van der Waals surface area contributed by atoms with Gasteiger partial charge in [-0.25, -0.2) is 0 Å². The second kappa shape index (κ2) is 11.9. The van der Waals surface area contributed by atoms with E-state index in [1.54, 1.807) is 0 Å². The predicted molar refractivity (Wildman–Crippen MR) is 86.6 cm³/mol. The van der Waals surface area contributed by atoms with Gasteiger partial charge in [0.15, 0.2) is 11.6 Å². The molecule has 0 unspecified atom stereocenters. The lowest BCUT2D eigenvalue weighted by Gasteiger charge is -2.26. The maximum atomic E-state index is 11.8. The maximum absolute atomic E-state index is 11.8. The molecule has 0 amide bonds. The number of hydrogen-bond donors (Lipinski definition) is 1. The molecule has 1 aliphatic heterocycles. The number of ketones is 2. The van der Waals surface area contributed by atoms with E-state index in [-0.39, 0.29) is 11.6 Å². The first-order valence-corrected chi connectivity index (χ1v) is 8.73. The van der Waals surface area contributed by atoms with Crippen molar-refractivity contribution < 1.29 is 9.59 Å². The summed E-state index contributed by atoms with van der Waals surface area (Å²) in [5.41, 5.74) is 0. The second-order valence-corrected chi connectivity index (χ2v) is 6.06. The third kappa shape index (κ3) is 8.99. The zero-order valence-corrected chi connectivity index (χ0v) is 13.7. The van der Waals surface area contributed by atoms with Crippen molar-refractivity contribution in [3.8, 4) is 0 Å². The summed E-state index contributed by atoms with van der Waals surface area (Å²) in [7, 11) is 0. The van der Waals surface area contributed by atoms with Gasteiger partial charge < -0.3 is 10.2 Å². The first-order valence-electron chi connectivity index (χ1n) is 8.73. The summed E-state index contributed by atoms with van der Waals surface area (Å²) in [6, 6.07) is 0. The first-order chi connectivity index (χ1) is 10.2. The average Bonchev–Trinajstić information content (AvgIpc) is 2.52. The molecule has 0 saturated carbocycles. The van der Waals surface area contributed by atoms with Gasteiger partial charge in [0.2, 0.25) is 0 Å². The molecule has 0 bridgehead atoms. The van der Waals surface area contributed by atoms with Gasteiger partial charge in [0.1, 0.15) is 0 Å². The van der Waals surface area contributed by atoms with E-state index in [1.807, 2.05) is 0 Å². The van der Waals surface area contributed by atoms with Crippen LogP contribution in [-0.4, -0.2) is 49.2 Å². The minimum Gasteiger partial charge on any atom is -0.314 e. The monoisotopic (exact) mass is 296 g/mol. The molecule has 1 N–H and O–H groups in total. The highest BCUT2D eigenvalue weighted by atomic mass is 16.2. The zero-order chi connectivity index (χ0) is 15.3. The second-order valence-electron chi connectivity index (χ2n) is 6.06. The van der Waals surface area contributed by atoms with Gasteiger partial charge in [0.05, 0.1) is 0 Å². The van der Waals surface area contributed by atoms with Crippen LogP contribution in [0.2, 0.25) is 0 Å². The Morgan fingerprint density at radius 2 is 1.43 bits per heavy atom. The number of carbonyl (C=O) groups is 2. The maximum Gasteiger partial charge on any atom is 0.199 e. The van der Waals surface area contributed by atoms with Crippen LogP contribution in [0.4, 0.5) is 0 Å². The molecule has 4 nitrogen and oxygen atoms in total. The number of piperazine rings is 1. The molecule has 122 valence electrons. The third-order valence-electron chi connectivity index (χ3n) is 4.18. The highest BCUT2D eigenvalue weighted by molar-refractivity contribution is 6.37. The Morgan fingerprint density at radius 1 is 0.857 bits per heavy atom. The molecule has 0 aromatic rings. The van der Waals surface area contributed by atoms with Crippen molar-refractivity contribution >= 4 is 11.6 Å². The van der Waals surface area contributed by atoms with Crippen LogP contribution in [-0.2, 0) is 9.59 Å². The lowest BCUT2D eigenvalue weighted by Crippen LogP contribution is -2.44. The molecule has 4 heteroatoms. The lowest BCUT2D eigenvalue weighted by atomic mass is 10.0. The van der Waals surface area contributed by atoms with Crippen LogP contribution in [0, 0.1) is 0 Å². The summed E-state index contributed by atoms with van der Waals surface area (Å²) in [4.78, 5) is 25.8. The topological polar surface area (TPSA) is 49.4 Å². The Morgan fingerprint density at radius 3 is 2.10 bits per heavy atom. The lowest BCUT2D eigenvalue weighted by molar-refractivity contribution is -0.136. The highest BCUT2D eigenvalue weighted by Gasteiger charge is 2.16. The molecule has 0 spiro atoms. The molecule has 0 aromatic heterocycles. The Hall–Kier alpha value is -0.740. The molecule has 0 aliphatic carbocycles. The summed E-state index contributed by atoms with van der Waals surface area (Å²) >= 11 is 0. The van der Waals surface area contributed by atoms with Gasteiger partial charge in [-0.1, -0.05) is 45.4 Å². The Labute approximate surface area is 129 Å². The SMILES string of the molecule is CCCCCCCCCC(=O)C(=O)CCN1CCNCC1. The Kier molecular flexibility index (Phi) is 10.3. The van der Waals surface area contributed by atoms with Crippen molar-refractivity contribution in [3.05, 3.63) is 0 Å². The van der Waals surface area contributed by atoms with Crippen molar-refractivity contribution in [3.63, 3.8) is 0 Å². The van der Waals surface area contributed by atoms with Gasteiger partial charge in [-0.3, -0.25) is 9.59 Å². The number of nitrogens with zero attached hydrogens (tertiary/aromatic N) is 1. The van der Waals surface area contributed by atoms with Crippen molar-refractivity contribution in [2.45, 2.75) is 64.7 Å². The average molecular weight is 296 g/mol. The van der Waals surface area contributed by atoms with E-state index < -0.39 is 0 Å². The summed E-state index contributed by atoms with van der Waals surface area (Å²) < 4.78 is 0. The summed E-state index contributed by atoms with van der Waals surface area (Å²) in [5.74, 6) is -0.321. The quantitative estimate of drug-likeness (QED) is 0.444. The minimum absolute atomic E-state index is 0.154. The minimum atomic E-state index is -0.167. The van der Waals surface area contributed by atoms with Crippen LogP contribution in [0.3, 0.4) is 0 Å². The van der Waals surface area contributed by atoms with Gasteiger partial charge in [-0.2, -0.15) is 0 Å².